The highest BCUT2D eigenvalue weighted by Gasteiger charge is 2.30. The summed E-state index contributed by atoms with van der Waals surface area (Å²) in [5, 5.41) is 22.3. The number of anilines is 1. The zero-order chi connectivity index (χ0) is 13.1. The van der Waals surface area contributed by atoms with Crippen molar-refractivity contribution >= 4 is 28.3 Å². The van der Waals surface area contributed by atoms with Crippen molar-refractivity contribution in [2.24, 2.45) is 0 Å². The molecule has 0 radical (unpaired) electrons. The third-order valence-corrected chi connectivity index (χ3v) is 2.72. The summed E-state index contributed by atoms with van der Waals surface area (Å²) in [6.07, 6.45) is 0.00337. The van der Waals surface area contributed by atoms with Gasteiger partial charge >= 0.3 is 5.97 Å². The first-order valence-corrected chi connectivity index (χ1v) is 5.61. The number of rotatable bonds is 5. The van der Waals surface area contributed by atoms with E-state index in [-0.39, 0.29) is 13.0 Å². The number of nitrogens with zero attached hydrogens (tertiary/aromatic N) is 1. The standard InChI is InChI=1S/C9H13N3O4S/c1-9(16,7(14)15)4-11-6(13)2-5-3-17-8(10)12-5/h3,16H,2,4H2,1H3,(H2,10,12)(H,11,13)(H,14,15). The van der Waals surface area contributed by atoms with Crippen molar-refractivity contribution in [1.82, 2.24) is 10.3 Å². The maximum absolute atomic E-state index is 11.4. The molecule has 1 unspecified atom stereocenters. The third-order valence-electron chi connectivity index (χ3n) is 2.00. The summed E-state index contributed by atoms with van der Waals surface area (Å²) in [5.74, 6) is -1.81. The zero-order valence-corrected chi connectivity index (χ0v) is 9.95. The van der Waals surface area contributed by atoms with Crippen LogP contribution in [0.4, 0.5) is 5.13 Å². The highest BCUT2D eigenvalue weighted by Crippen LogP contribution is 2.11. The van der Waals surface area contributed by atoms with Crippen LogP contribution in [0.1, 0.15) is 12.6 Å². The number of carbonyl (C=O) groups excluding carboxylic acids is 1. The van der Waals surface area contributed by atoms with Gasteiger partial charge in [-0.25, -0.2) is 9.78 Å². The highest BCUT2D eigenvalue weighted by atomic mass is 32.1. The average molecular weight is 259 g/mol. The number of nitrogens with one attached hydrogen (secondary N) is 1. The maximum Gasteiger partial charge on any atom is 0.337 e. The van der Waals surface area contributed by atoms with E-state index in [0.29, 0.717) is 10.8 Å². The Morgan fingerprint density at radius 3 is 2.76 bits per heavy atom. The number of amides is 1. The van der Waals surface area contributed by atoms with E-state index in [2.05, 4.69) is 10.3 Å². The predicted molar refractivity (Wildman–Crippen MR) is 61.5 cm³/mol. The van der Waals surface area contributed by atoms with Crippen molar-refractivity contribution in [2.75, 3.05) is 12.3 Å². The number of hydrogen-bond acceptors (Lipinski definition) is 6. The molecule has 0 aliphatic carbocycles. The number of aliphatic carboxylic acids is 1. The minimum Gasteiger partial charge on any atom is -0.479 e. The van der Waals surface area contributed by atoms with E-state index < -0.39 is 17.5 Å². The monoisotopic (exact) mass is 259 g/mol. The Morgan fingerprint density at radius 1 is 1.65 bits per heavy atom. The molecule has 0 bridgehead atoms. The lowest BCUT2D eigenvalue weighted by atomic mass is 10.1. The van der Waals surface area contributed by atoms with Gasteiger partial charge in [-0.3, -0.25) is 4.79 Å². The van der Waals surface area contributed by atoms with Crippen molar-refractivity contribution in [3.63, 3.8) is 0 Å². The van der Waals surface area contributed by atoms with Gasteiger partial charge in [0.2, 0.25) is 5.91 Å². The quantitative estimate of drug-likeness (QED) is 0.549. The van der Waals surface area contributed by atoms with Crippen LogP contribution in [-0.4, -0.2) is 39.2 Å². The SMILES string of the molecule is CC(O)(CNC(=O)Cc1csc(N)n1)C(=O)O. The Morgan fingerprint density at radius 2 is 2.29 bits per heavy atom. The first-order valence-electron chi connectivity index (χ1n) is 4.73. The molecule has 1 amide bonds. The lowest BCUT2D eigenvalue weighted by Crippen LogP contribution is -2.46. The van der Waals surface area contributed by atoms with Crippen LogP contribution in [-0.2, 0) is 16.0 Å². The lowest BCUT2D eigenvalue weighted by molar-refractivity contribution is -0.156. The van der Waals surface area contributed by atoms with Crippen LogP contribution < -0.4 is 11.1 Å². The summed E-state index contributed by atoms with van der Waals surface area (Å²) in [7, 11) is 0. The molecule has 94 valence electrons. The molecule has 0 fully saturated rings. The predicted octanol–water partition coefficient (Wildman–Crippen LogP) is -0.780. The maximum atomic E-state index is 11.4. The molecule has 7 nitrogen and oxygen atoms in total. The second-order valence-electron chi connectivity index (χ2n) is 3.71. The molecule has 0 aromatic carbocycles. The van der Waals surface area contributed by atoms with E-state index >= 15 is 0 Å². The van der Waals surface area contributed by atoms with Crippen molar-refractivity contribution in [3.05, 3.63) is 11.1 Å². The summed E-state index contributed by atoms with van der Waals surface area (Å²) >= 11 is 1.22. The molecule has 0 aliphatic heterocycles. The molecule has 5 N–H and O–H groups in total. The number of carboxylic acid groups (broad SMARTS) is 1. The number of hydrogen-bond donors (Lipinski definition) is 4. The minimum absolute atomic E-state index is 0.00337. The fourth-order valence-electron chi connectivity index (χ4n) is 0.977. The van der Waals surface area contributed by atoms with Gasteiger partial charge in [0.05, 0.1) is 18.7 Å². The molecule has 1 heterocycles. The molecular formula is C9H13N3O4S. The molecule has 1 rings (SSSR count). The lowest BCUT2D eigenvalue weighted by Gasteiger charge is -2.17. The van der Waals surface area contributed by atoms with Gasteiger partial charge in [-0.2, -0.15) is 0 Å². The topological polar surface area (TPSA) is 126 Å². The van der Waals surface area contributed by atoms with Crippen LogP contribution >= 0.6 is 11.3 Å². The molecule has 1 aromatic heterocycles. The van der Waals surface area contributed by atoms with Gasteiger partial charge < -0.3 is 21.3 Å². The summed E-state index contributed by atoms with van der Waals surface area (Å²) in [4.78, 5) is 25.9. The van der Waals surface area contributed by atoms with Crippen molar-refractivity contribution in [2.45, 2.75) is 18.9 Å². The summed E-state index contributed by atoms with van der Waals surface area (Å²) < 4.78 is 0. The van der Waals surface area contributed by atoms with E-state index in [9.17, 15) is 14.7 Å². The number of nitrogens with two attached hydrogens (primary N) is 1. The van der Waals surface area contributed by atoms with Crippen LogP contribution in [0.3, 0.4) is 0 Å². The zero-order valence-electron chi connectivity index (χ0n) is 9.14. The second kappa shape index (κ2) is 5.11. The third kappa shape index (κ3) is 4.00. The Balaban J connectivity index is 2.43. The fraction of sp³-hybridized carbons (Fsp3) is 0.444. The molecule has 0 aliphatic rings. The Hall–Kier alpha value is -1.67. The molecular weight excluding hydrogens is 246 g/mol. The molecule has 17 heavy (non-hydrogen) atoms. The number of carboxylic acids is 1. The van der Waals surface area contributed by atoms with Gasteiger partial charge in [-0.1, -0.05) is 0 Å². The van der Waals surface area contributed by atoms with E-state index in [1.165, 1.54) is 11.3 Å². The second-order valence-corrected chi connectivity index (χ2v) is 4.60. The number of aliphatic hydroxyl groups is 1. The summed E-state index contributed by atoms with van der Waals surface area (Å²) in [5.41, 5.74) is 3.93. The number of aromatic nitrogens is 1. The van der Waals surface area contributed by atoms with Crippen LogP contribution in [0.25, 0.3) is 0 Å². The average Bonchev–Trinajstić information content (AvgIpc) is 2.61. The van der Waals surface area contributed by atoms with Crippen molar-refractivity contribution in [1.29, 1.82) is 0 Å². The van der Waals surface area contributed by atoms with E-state index in [1.54, 1.807) is 5.38 Å². The van der Waals surface area contributed by atoms with Gasteiger partial charge in [-0.05, 0) is 6.92 Å². The molecule has 0 spiro atoms. The van der Waals surface area contributed by atoms with Crippen molar-refractivity contribution in [3.8, 4) is 0 Å². The van der Waals surface area contributed by atoms with E-state index in [4.69, 9.17) is 10.8 Å². The van der Waals surface area contributed by atoms with Gasteiger partial charge in [0, 0.05) is 5.38 Å². The van der Waals surface area contributed by atoms with Crippen LogP contribution in [0.15, 0.2) is 5.38 Å². The Bertz CT molecular complexity index is 430. The van der Waals surface area contributed by atoms with Crippen molar-refractivity contribution < 1.29 is 19.8 Å². The smallest absolute Gasteiger partial charge is 0.337 e. The fourth-order valence-corrected chi connectivity index (χ4v) is 1.54. The van der Waals surface area contributed by atoms with E-state index in [0.717, 1.165) is 6.92 Å². The van der Waals surface area contributed by atoms with Crippen LogP contribution in [0, 0.1) is 0 Å². The summed E-state index contributed by atoms with van der Waals surface area (Å²) in [6.45, 7) is 0.747. The van der Waals surface area contributed by atoms with Gasteiger partial charge in [0.1, 0.15) is 0 Å². The van der Waals surface area contributed by atoms with Gasteiger partial charge in [0.15, 0.2) is 10.7 Å². The largest absolute Gasteiger partial charge is 0.479 e. The number of thiazole rings is 1. The number of nitrogen functional groups attached to an aromatic ring is 1. The first-order chi connectivity index (χ1) is 7.81. The van der Waals surface area contributed by atoms with Crippen LogP contribution in [0.2, 0.25) is 0 Å². The van der Waals surface area contributed by atoms with Crippen LogP contribution in [0.5, 0.6) is 0 Å². The number of carbonyl (C=O) groups is 2. The molecule has 1 atom stereocenters. The van der Waals surface area contributed by atoms with Gasteiger partial charge in [-0.15, -0.1) is 11.3 Å². The Kier molecular flexibility index (Phi) is 4.02. The summed E-state index contributed by atoms with van der Waals surface area (Å²) in [6, 6.07) is 0. The normalized spacial score (nSPS) is 14.0. The molecule has 0 saturated carbocycles. The first kappa shape index (κ1) is 13.4. The van der Waals surface area contributed by atoms with E-state index in [1.807, 2.05) is 0 Å². The van der Waals surface area contributed by atoms with Gasteiger partial charge in [0.25, 0.3) is 0 Å². The molecule has 0 saturated heterocycles. The molecule has 1 aromatic rings. The minimum atomic E-state index is -1.98. The Labute approximate surface area is 101 Å². The highest BCUT2D eigenvalue weighted by molar-refractivity contribution is 7.13. The molecule has 8 heteroatoms.